The van der Waals surface area contributed by atoms with Crippen LogP contribution in [0, 0.1) is 0 Å². The highest BCUT2D eigenvalue weighted by Gasteiger charge is 2.12. The first kappa shape index (κ1) is 20.8. The minimum Gasteiger partial charge on any atom is -0.486 e. The Morgan fingerprint density at radius 2 is 1.89 bits per heavy atom. The van der Waals surface area contributed by atoms with Gasteiger partial charge >= 0.3 is 0 Å². The zero-order valence-electron chi connectivity index (χ0n) is 15.5. The molecule has 0 saturated heterocycles. The van der Waals surface area contributed by atoms with E-state index in [-0.39, 0.29) is 31.0 Å². The number of benzene rings is 2. The van der Waals surface area contributed by atoms with E-state index in [1.54, 1.807) is 12.1 Å². The molecular weight excluding hydrogens is 364 g/mol. The monoisotopic (exact) mass is 388 g/mol. The molecule has 0 aliphatic carbocycles. The van der Waals surface area contributed by atoms with Crippen LogP contribution in [0.2, 0.25) is 0 Å². The van der Waals surface area contributed by atoms with E-state index in [4.69, 9.17) is 9.15 Å². The van der Waals surface area contributed by atoms with E-state index in [1.165, 1.54) is 5.39 Å². The van der Waals surface area contributed by atoms with Crippen molar-refractivity contribution in [3.63, 3.8) is 0 Å². The van der Waals surface area contributed by atoms with Gasteiger partial charge in [-0.3, -0.25) is 4.79 Å². The van der Waals surface area contributed by atoms with Gasteiger partial charge in [-0.2, -0.15) is 0 Å². The average molecular weight is 389 g/mol. The summed E-state index contributed by atoms with van der Waals surface area (Å²) in [5.74, 6) is 1.46. The van der Waals surface area contributed by atoms with Gasteiger partial charge in [0.2, 0.25) is 0 Å². The fourth-order valence-corrected chi connectivity index (χ4v) is 2.74. The molecule has 1 heterocycles. The van der Waals surface area contributed by atoms with Crippen LogP contribution in [0.25, 0.3) is 10.8 Å². The number of likely N-dealkylation sites (N-methyl/N-ethyl adjacent to an activating group) is 1. The third kappa shape index (κ3) is 5.74. The molecule has 5 nitrogen and oxygen atoms in total. The van der Waals surface area contributed by atoms with Gasteiger partial charge in [-0.1, -0.05) is 37.3 Å². The van der Waals surface area contributed by atoms with E-state index >= 15 is 0 Å². The second-order valence-corrected chi connectivity index (χ2v) is 6.23. The van der Waals surface area contributed by atoms with Gasteiger partial charge in [-0.05, 0) is 48.5 Å². The summed E-state index contributed by atoms with van der Waals surface area (Å²) >= 11 is 0. The molecule has 2 N–H and O–H groups in total. The highest BCUT2D eigenvalue weighted by Crippen LogP contribution is 2.21. The second kappa shape index (κ2) is 10.00. The second-order valence-electron chi connectivity index (χ2n) is 6.23. The highest BCUT2D eigenvalue weighted by atomic mass is 35.5. The van der Waals surface area contributed by atoms with Crippen LogP contribution in [-0.2, 0) is 6.61 Å². The Labute approximate surface area is 165 Å². The van der Waals surface area contributed by atoms with Crippen LogP contribution < -0.4 is 15.4 Å². The zero-order chi connectivity index (χ0) is 18.4. The Balaban J connectivity index is 0.00000261. The lowest BCUT2D eigenvalue weighted by molar-refractivity contribution is 0.0918. The van der Waals surface area contributed by atoms with Crippen molar-refractivity contribution >= 4 is 29.1 Å². The molecule has 0 bridgehead atoms. The van der Waals surface area contributed by atoms with Crippen molar-refractivity contribution in [2.75, 3.05) is 13.1 Å². The molecule has 1 aromatic heterocycles. The third-order valence-corrected chi connectivity index (χ3v) is 4.11. The molecule has 1 amide bonds. The number of amides is 1. The lowest BCUT2D eigenvalue weighted by Gasteiger charge is -2.12. The smallest absolute Gasteiger partial charge is 0.287 e. The predicted molar refractivity (Wildman–Crippen MR) is 110 cm³/mol. The van der Waals surface area contributed by atoms with Crippen LogP contribution >= 0.6 is 12.4 Å². The SMILES string of the molecule is CCN[C@H](C)CNC(=O)c1ccc(COc2ccc3ccccc3c2)o1.Cl. The van der Waals surface area contributed by atoms with Crippen LogP contribution in [0.3, 0.4) is 0 Å². The molecule has 3 rings (SSSR count). The molecule has 0 aliphatic heterocycles. The Kier molecular flexibility index (Phi) is 7.70. The largest absolute Gasteiger partial charge is 0.486 e. The number of rotatable bonds is 8. The lowest BCUT2D eigenvalue weighted by atomic mass is 10.1. The first-order valence-corrected chi connectivity index (χ1v) is 8.87. The first-order valence-electron chi connectivity index (χ1n) is 8.87. The molecule has 0 aliphatic rings. The Bertz CT molecular complexity index is 878. The number of carbonyl (C=O) groups excluding carboxylic acids is 1. The number of fused-ring (bicyclic) bond motifs is 1. The normalized spacial score (nSPS) is 11.6. The molecule has 6 heteroatoms. The molecule has 0 spiro atoms. The number of hydrogen-bond acceptors (Lipinski definition) is 4. The maximum Gasteiger partial charge on any atom is 0.287 e. The third-order valence-electron chi connectivity index (χ3n) is 4.11. The predicted octanol–water partition coefficient (Wildman–Crippen LogP) is 4.16. The summed E-state index contributed by atoms with van der Waals surface area (Å²) in [7, 11) is 0. The number of ether oxygens (including phenoxy) is 1. The number of nitrogens with one attached hydrogen (secondary N) is 2. The summed E-state index contributed by atoms with van der Waals surface area (Å²) in [6, 6.07) is 17.7. The van der Waals surface area contributed by atoms with E-state index < -0.39 is 0 Å². The summed E-state index contributed by atoms with van der Waals surface area (Å²) in [5, 5.41) is 8.39. The van der Waals surface area contributed by atoms with E-state index in [9.17, 15) is 4.79 Å². The quantitative estimate of drug-likeness (QED) is 0.608. The van der Waals surface area contributed by atoms with Crippen molar-refractivity contribution in [1.82, 2.24) is 10.6 Å². The lowest BCUT2D eigenvalue weighted by Crippen LogP contribution is -2.38. The van der Waals surface area contributed by atoms with Crippen LogP contribution in [0.4, 0.5) is 0 Å². The Hall–Kier alpha value is -2.50. The average Bonchev–Trinajstić information content (AvgIpc) is 3.14. The molecule has 1 atom stereocenters. The van der Waals surface area contributed by atoms with E-state index in [2.05, 4.69) is 16.7 Å². The topological polar surface area (TPSA) is 63.5 Å². The molecule has 0 unspecified atom stereocenters. The van der Waals surface area contributed by atoms with Gasteiger partial charge in [-0.25, -0.2) is 0 Å². The maximum absolute atomic E-state index is 12.1. The van der Waals surface area contributed by atoms with Crippen molar-refractivity contribution in [2.45, 2.75) is 26.5 Å². The van der Waals surface area contributed by atoms with Crippen molar-refractivity contribution in [3.8, 4) is 5.75 Å². The minimum absolute atomic E-state index is 0. The summed E-state index contributed by atoms with van der Waals surface area (Å²) in [6.45, 7) is 5.76. The number of hydrogen-bond donors (Lipinski definition) is 2. The Morgan fingerprint density at radius 1 is 1.11 bits per heavy atom. The molecule has 27 heavy (non-hydrogen) atoms. The summed E-state index contributed by atoms with van der Waals surface area (Å²) in [6.07, 6.45) is 0. The highest BCUT2D eigenvalue weighted by molar-refractivity contribution is 5.91. The molecule has 2 aromatic carbocycles. The number of halogens is 1. The van der Waals surface area contributed by atoms with E-state index in [1.807, 2.05) is 50.2 Å². The molecule has 0 fully saturated rings. The molecule has 0 radical (unpaired) electrons. The van der Waals surface area contributed by atoms with Crippen LogP contribution in [0.15, 0.2) is 59.0 Å². The minimum atomic E-state index is -0.216. The van der Waals surface area contributed by atoms with Gasteiger partial charge in [0, 0.05) is 12.6 Å². The molecule has 144 valence electrons. The van der Waals surface area contributed by atoms with Gasteiger partial charge in [0.15, 0.2) is 5.76 Å². The van der Waals surface area contributed by atoms with Gasteiger partial charge in [0.25, 0.3) is 5.91 Å². The summed E-state index contributed by atoms with van der Waals surface area (Å²) in [5.41, 5.74) is 0. The van der Waals surface area contributed by atoms with Crippen molar-refractivity contribution in [3.05, 3.63) is 66.1 Å². The number of carbonyl (C=O) groups is 1. The molecule has 3 aromatic rings. The Morgan fingerprint density at radius 3 is 2.67 bits per heavy atom. The standard InChI is InChI=1S/C21H24N2O3.ClH/c1-3-22-15(2)13-23-21(24)20-11-10-19(26-20)14-25-18-9-8-16-6-4-5-7-17(16)12-18;/h4-12,15,22H,3,13-14H2,1-2H3,(H,23,24);1H/t15-;/m1./s1. The van der Waals surface area contributed by atoms with Crippen LogP contribution in [0.1, 0.15) is 30.2 Å². The van der Waals surface area contributed by atoms with Crippen molar-refractivity contribution < 1.29 is 13.9 Å². The fraction of sp³-hybridized carbons (Fsp3) is 0.286. The van der Waals surface area contributed by atoms with Gasteiger partial charge < -0.3 is 19.8 Å². The van der Waals surface area contributed by atoms with Crippen LogP contribution in [-0.4, -0.2) is 25.0 Å². The molecule has 0 saturated carbocycles. The summed E-state index contributed by atoms with van der Waals surface area (Å²) in [4.78, 5) is 12.1. The van der Waals surface area contributed by atoms with Gasteiger partial charge in [0.1, 0.15) is 18.1 Å². The van der Waals surface area contributed by atoms with Crippen molar-refractivity contribution in [2.24, 2.45) is 0 Å². The number of furan rings is 1. The van der Waals surface area contributed by atoms with E-state index in [0.717, 1.165) is 17.7 Å². The van der Waals surface area contributed by atoms with Gasteiger partial charge in [-0.15, -0.1) is 12.4 Å². The fourth-order valence-electron chi connectivity index (χ4n) is 2.74. The first-order chi connectivity index (χ1) is 12.7. The van der Waals surface area contributed by atoms with Crippen molar-refractivity contribution in [1.29, 1.82) is 0 Å². The summed E-state index contributed by atoms with van der Waals surface area (Å²) < 4.78 is 11.4. The van der Waals surface area contributed by atoms with Crippen LogP contribution in [0.5, 0.6) is 5.75 Å². The molecular formula is C21H25ClN2O3. The zero-order valence-corrected chi connectivity index (χ0v) is 16.3. The maximum atomic E-state index is 12.1. The van der Waals surface area contributed by atoms with Gasteiger partial charge in [0.05, 0.1) is 0 Å². The van der Waals surface area contributed by atoms with E-state index in [0.29, 0.717) is 18.1 Å².